The molecule has 2 aromatic carbocycles. The molecule has 0 spiro atoms. The molecule has 1 atom stereocenters. The zero-order valence-corrected chi connectivity index (χ0v) is 20.0. The topological polar surface area (TPSA) is 130 Å². The number of hydrogen-bond acceptors (Lipinski definition) is 10. The second kappa shape index (κ2) is 10.9. The highest BCUT2D eigenvalue weighted by Crippen LogP contribution is 2.39. The van der Waals surface area contributed by atoms with Crippen molar-refractivity contribution in [1.29, 1.82) is 0 Å². The van der Waals surface area contributed by atoms with Crippen LogP contribution >= 0.6 is 0 Å². The first-order valence-electron chi connectivity index (χ1n) is 11.0. The van der Waals surface area contributed by atoms with E-state index in [0.29, 0.717) is 48.7 Å². The van der Waals surface area contributed by atoms with Crippen LogP contribution in [0, 0.1) is 15.9 Å². The molecule has 0 amide bonds. The first-order chi connectivity index (χ1) is 18.1. The molecule has 0 saturated carbocycles. The monoisotopic (exact) mass is 539 g/mol. The number of nitrogens with one attached hydrogen (secondary N) is 2. The summed E-state index contributed by atoms with van der Waals surface area (Å²) in [6.07, 6.45) is -3.73. The van der Waals surface area contributed by atoms with Gasteiger partial charge in [0, 0.05) is 30.8 Å². The molecular weight excluding hydrogens is 518 g/mol. The Bertz CT molecular complexity index is 1330. The number of anilines is 4. The first kappa shape index (κ1) is 26.7. The number of nitro benzene ring substituents is 1. The van der Waals surface area contributed by atoms with Gasteiger partial charge < -0.3 is 29.6 Å². The standard InChI is InChI=1S/C23H21F4N5O6/c1-35-19-7-12(38-13-5-6-37-11-13)3-4-16(19)30-22-28-10-14(23(25,26)27)21(31-22)29-17-9-18(32(33)34)15(24)8-20(17)36-2/h3-4,7-10,13H,5-6,11H2,1-2H3,(H2,28,29,30,31). The zero-order valence-electron chi connectivity index (χ0n) is 20.0. The maximum Gasteiger partial charge on any atom is 0.421 e. The first-order valence-corrected chi connectivity index (χ1v) is 11.0. The molecule has 1 unspecified atom stereocenters. The molecule has 2 heterocycles. The van der Waals surface area contributed by atoms with E-state index >= 15 is 0 Å². The fraction of sp³-hybridized carbons (Fsp3) is 0.304. The molecule has 1 aliphatic heterocycles. The van der Waals surface area contributed by atoms with E-state index in [1.807, 2.05) is 0 Å². The molecule has 1 fully saturated rings. The summed E-state index contributed by atoms with van der Waals surface area (Å²) >= 11 is 0. The average molecular weight is 539 g/mol. The highest BCUT2D eigenvalue weighted by molar-refractivity contribution is 5.71. The zero-order chi connectivity index (χ0) is 27.4. The van der Waals surface area contributed by atoms with Gasteiger partial charge >= 0.3 is 11.9 Å². The third-order valence-electron chi connectivity index (χ3n) is 5.42. The van der Waals surface area contributed by atoms with Crippen LogP contribution < -0.4 is 24.8 Å². The summed E-state index contributed by atoms with van der Waals surface area (Å²) < 4.78 is 76.6. The van der Waals surface area contributed by atoms with Crippen LogP contribution in [-0.2, 0) is 10.9 Å². The van der Waals surface area contributed by atoms with E-state index in [0.717, 1.165) is 13.5 Å². The molecule has 15 heteroatoms. The van der Waals surface area contributed by atoms with Gasteiger partial charge in [-0.05, 0) is 12.1 Å². The van der Waals surface area contributed by atoms with Crippen molar-refractivity contribution in [3.8, 4) is 17.2 Å². The van der Waals surface area contributed by atoms with E-state index in [2.05, 4.69) is 20.6 Å². The van der Waals surface area contributed by atoms with Crippen LogP contribution in [0.25, 0.3) is 0 Å². The minimum Gasteiger partial charge on any atom is -0.494 e. The van der Waals surface area contributed by atoms with E-state index in [1.54, 1.807) is 18.2 Å². The van der Waals surface area contributed by atoms with Crippen molar-refractivity contribution in [2.75, 3.05) is 38.1 Å². The maximum absolute atomic E-state index is 14.0. The number of hydrogen-bond donors (Lipinski definition) is 2. The Morgan fingerprint density at radius 1 is 1.11 bits per heavy atom. The summed E-state index contributed by atoms with van der Waals surface area (Å²) in [7, 11) is 2.53. The van der Waals surface area contributed by atoms with Crippen LogP contribution in [0.4, 0.5) is 46.4 Å². The Hall–Kier alpha value is -4.40. The Kier molecular flexibility index (Phi) is 7.66. The summed E-state index contributed by atoms with van der Waals surface area (Å²) in [6.45, 7) is 1.06. The number of alkyl halides is 3. The van der Waals surface area contributed by atoms with Crippen LogP contribution in [-0.4, -0.2) is 48.4 Å². The van der Waals surface area contributed by atoms with E-state index in [1.165, 1.54) is 7.11 Å². The van der Waals surface area contributed by atoms with Gasteiger partial charge in [-0.3, -0.25) is 10.1 Å². The van der Waals surface area contributed by atoms with Crippen molar-refractivity contribution in [2.45, 2.75) is 18.7 Å². The Morgan fingerprint density at radius 2 is 1.84 bits per heavy atom. The molecule has 1 saturated heterocycles. The van der Waals surface area contributed by atoms with Crippen molar-refractivity contribution in [3.05, 3.63) is 58.0 Å². The van der Waals surface area contributed by atoms with Gasteiger partial charge in [-0.25, -0.2) is 4.98 Å². The van der Waals surface area contributed by atoms with E-state index in [4.69, 9.17) is 18.9 Å². The SMILES string of the molecule is COc1cc(OC2CCOC2)ccc1Nc1ncc(C(F)(F)F)c(Nc2cc([N+](=O)[O-])c(F)cc2OC)n1. The minimum absolute atomic E-state index is 0.107. The highest BCUT2D eigenvalue weighted by atomic mass is 19.4. The molecule has 202 valence electrons. The number of nitro groups is 1. The molecular formula is C23H21F4N5O6. The lowest BCUT2D eigenvalue weighted by Crippen LogP contribution is -2.15. The lowest BCUT2D eigenvalue weighted by molar-refractivity contribution is -0.387. The predicted molar refractivity (Wildman–Crippen MR) is 126 cm³/mol. The molecule has 3 aromatic rings. The van der Waals surface area contributed by atoms with Gasteiger partial charge in [0.15, 0.2) is 0 Å². The van der Waals surface area contributed by atoms with Gasteiger partial charge in [0.1, 0.15) is 34.7 Å². The number of rotatable bonds is 9. The predicted octanol–water partition coefficient (Wildman–Crippen LogP) is 5.21. The number of methoxy groups -OCH3 is 2. The van der Waals surface area contributed by atoms with Crippen LogP contribution in [0.2, 0.25) is 0 Å². The fourth-order valence-corrected chi connectivity index (χ4v) is 3.59. The van der Waals surface area contributed by atoms with Crippen molar-refractivity contribution in [2.24, 2.45) is 0 Å². The number of aromatic nitrogens is 2. The summed E-state index contributed by atoms with van der Waals surface area (Å²) in [6, 6.07) is 6.19. The number of ether oxygens (including phenoxy) is 4. The lowest BCUT2D eigenvalue weighted by Gasteiger charge is -2.17. The van der Waals surface area contributed by atoms with Crippen LogP contribution in [0.3, 0.4) is 0 Å². The summed E-state index contributed by atoms with van der Waals surface area (Å²) in [5.41, 5.74) is -2.23. The third-order valence-corrected chi connectivity index (χ3v) is 5.42. The second-order valence-corrected chi connectivity index (χ2v) is 7.93. The molecule has 0 radical (unpaired) electrons. The number of benzene rings is 2. The molecule has 2 N–H and O–H groups in total. The van der Waals surface area contributed by atoms with Crippen LogP contribution in [0.5, 0.6) is 17.2 Å². The summed E-state index contributed by atoms with van der Waals surface area (Å²) in [5.74, 6) is -1.71. The van der Waals surface area contributed by atoms with Crippen molar-refractivity contribution >= 4 is 28.8 Å². The van der Waals surface area contributed by atoms with E-state index in [-0.39, 0.29) is 23.5 Å². The Morgan fingerprint density at radius 3 is 2.47 bits per heavy atom. The largest absolute Gasteiger partial charge is 0.494 e. The summed E-state index contributed by atoms with van der Waals surface area (Å²) in [5, 5.41) is 16.3. The lowest BCUT2D eigenvalue weighted by atomic mass is 10.2. The van der Waals surface area contributed by atoms with Crippen molar-refractivity contribution in [1.82, 2.24) is 9.97 Å². The van der Waals surface area contributed by atoms with E-state index < -0.39 is 34.0 Å². The van der Waals surface area contributed by atoms with Crippen molar-refractivity contribution in [3.63, 3.8) is 0 Å². The van der Waals surface area contributed by atoms with E-state index in [9.17, 15) is 27.7 Å². The molecule has 38 heavy (non-hydrogen) atoms. The molecule has 11 nitrogen and oxygen atoms in total. The normalized spacial score (nSPS) is 15.2. The average Bonchev–Trinajstić information content (AvgIpc) is 3.38. The number of halogens is 4. The maximum atomic E-state index is 14.0. The number of nitrogens with zero attached hydrogens (tertiary/aromatic N) is 3. The van der Waals surface area contributed by atoms with Gasteiger partial charge in [0.2, 0.25) is 11.8 Å². The quantitative estimate of drug-likeness (QED) is 0.212. The molecule has 1 aliphatic rings. The smallest absolute Gasteiger partial charge is 0.421 e. The van der Waals surface area contributed by atoms with Gasteiger partial charge in [-0.2, -0.15) is 22.5 Å². The molecule has 0 bridgehead atoms. The second-order valence-electron chi connectivity index (χ2n) is 7.93. The van der Waals surface area contributed by atoms with Crippen molar-refractivity contribution < 1.29 is 41.4 Å². The van der Waals surface area contributed by atoms with Gasteiger partial charge in [-0.1, -0.05) is 0 Å². The van der Waals surface area contributed by atoms with Crippen LogP contribution in [0.1, 0.15) is 12.0 Å². The Labute approximate surface area is 212 Å². The minimum atomic E-state index is -4.89. The Balaban J connectivity index is 1.67. The van der Waals surface area contributed by atoms with Gasteiger partial charge in [0.05, 0.1) is 43.7 Å². The molecule has 0 aliphatic carbocycles. The molecule has 4 rings (SSSR count). The van der Waals surface area contributed by atoms with Crippen LogP contribution in [0.15, 0.2) is 36.5 Å². The summed E-state index contributed by atoms with van der Waals surface area (Å²) in [4.78, 5) is 17.8. The van der Waals surface area contributed by atoms with Gasteiger partial charge in [-0.15, -0.1) is 0 Å². The highest BCUT2D eigenvalue weighted by Gasteiger charge is 2.36. The van der Waals surface area contributed by atoms with Gasteiger partial charge in [0.25, 0.3) is 0 Å². The molecule has 1 aromatic heterocycles. The fourth-order valence-electron chi connectivity index (χ4n) is 3.59. The third kappa shape index (κ3) is 5.94.